The number of pyridine rings is 1. The van der Waals surface area contributed by atoms with Crippen LogP contribution >= 0.6 is 0 Å². The van der Waals surface area contributed by atoms with E-state index in [1.165, 1.54) is 13.2 Å². The summed E-state index contributed by atoms with van der Waals surface area (Å²) in [7, 11) is 1.28. The molecule has 0 radical (unpaired) electrons. The minimum atomic E-state index is -0.507. The van der Waals surface area contributed by atoms with E-state index in [1.807, 2.05) is 0 Å². The number of rotatable bonds is 3. The highest BCUT2D eigenvalue weighted by molar-refractivity contribution is 5.87. The predicted molar refractivity (Wildman–Crippen MR) is 48.4 cm³/mol. The molecule has 1 heterocycles. The van der Waals surface area contributed by atoms with Crippen LogP contribution in [0.25, 0.3) is 10.4 Å². The third-order valence-corrected chi connectivity index (χ3v) is 1.50. The summed E-state index contributed by atoms with van der Waals surface area (Å²) >= 11 is 0. The molecule has 0 amide bonds. The van der Waals surface area contributed by atoms with Gasteiger partial charge in [-0.05, 0) is 17.7 Å². The Kier molecular flexibility index (Phi) is 3.46. The molecule has 0 saturated heterocycles. The van der Waals surface area contributed by atoms with Gasteiger partial charge in [0.25, 0.3) is 0 Å². The van der Waals surface area contributed by atoms with Crippen LogP contribution < -0.4 is 0 Å². The van der Waals surface area contributed by atoms with Gasteiger partial charge < -0.3 is 4.74 Å². The Morgan fingerprint density at radius 3 is 3.14 bits per heavy atom. The minimum Gasteiger partial charge on any atom is -0.464 e. The molecule has 0 atom stereocenters. The van der Waals surface area contributed by atoms with Gasteiger partial charge in [0.05, 0.1) is 13.7 Å². The van der Waals surface area contributed by atoms with Gasteiger partial charge in [0.15, 0.2) is 0 Å². The van der Waals surface area contributed by atoms with Crippen LogP contribution in [0, 0.1) is 0 Å². The second-order valence-electron chi connectivity index (χ2n) is 2.39. The summed E-state index contributed by atoms with van der Waals surface area (Å²) < 4.78 is 4.49. The smallest absolute Gasteiger partial charge is 0.356 e. The van der Waals surface area contributed by atoms with E-state index in [1.54, 1.807) is 12.1 Å². The van der Waals surface area contributed by atoms with E-state index in [9.17, 15) is 4.79 Å². The monoisotopic (exact) mass is 192 g/mol. The Bertz CT molecular complexity index is 385. The molecular formula is C8H8N4O2. The van der Waals surface area contributed by atoms with Crippen LogP contribution in [0.4, 0.5) is 0 Å². The molecule has 72 valence electrons. The number of carbonyl (C=O) groups is 1. The number of ether oxygens (including phenoxy) is 1. The second kappa shape index (κ2) is 4.84. The van der Waals surface area contributed by atoms with Crippen molar-refractivity contribution < 1.29 is 9.53 Å². The molecule has 6 heteroatoms. The standard InChI is InChI=1S/C8H8N4O2/c1-14-8(13)7-4-2-3-6(11-7)5-10-12-9/h2-4H,5H2,1H3. The first-order valence-corrected chi connectivity index (χ1v) is 3.83. The lowest BCUT2D eigenvalue weighted by Gasteiger charge is -1.99. The molecule has 1 aromatic rings. The Morgan fingerprint density at radius 1 is 1.71 bits per heavy atom. The van der Waals surface area contributed by atoms with E-state index in [0.29, 0.717) is 5.69 Å². The van der Waals surface area contributed by atoms with Crippen molar-refractivity contribution in [2.24, 2.45) is 5.11 Å². The van der Waals surface area contributed by atoms with E-state index in [-0.39, 0.29) is 12.2 Å². The van der Waals surface area contributed by atoms with Gasteiger partial charge in [0.1, 0.15) is 5.69 Å². The van der Waals surface area contributed by atoms with E-state index < -0.39 is 5.97 Å². The predicted octanol–water partition coefficient (Wildman–Crippen LogP) is 1.68. The van der Waals surface area contributed by atoms with Crippen LogP contribution in [0.3, 0.4) is 0 Å². The zero-order chi connectivity index (χ0) is 10.4. The van der Waals surface area contributed by atoms with E-state index in [4.69, 9.17) is 5.53 Å². The van der Waals surface area contributed by atoms with Crippen molar-refractivity contribution in [1.29, 1.82) is 0 Å². The summed E-state index contributed by atoms with van der Waals surface area (Å²) in [5.41, 5.74) is 8.83. The molecule has 0 aromatic carbocycles. The Labute approximate surface area is 80.2 Å². The van der Waals surface area contributed by atoms with E-state index in [2.05, 4.69) is 19.7 Å². The third kappa shape index (κ3) is 2.46. The molecule has 0 unspecified atom stereocenters. The summed E-state index contributed by atoms with van der Waals surface area (Å²) in [5.74, 6) is -0.507. The number of hydrogen-bond acceptors (Lipinski definition) is 4. The first-order valence-electron chi connectivity index (χ1n) is 3.83. The van der Waals surface area contributed by atoms with Crippen molar-refractivity contribution in [2.75, 3.05) is 7.11 Å². The van der Waals surface area contributed by atoms with Crippen molar-refractivity contribution in [2.45, 2.75) is 6.54 Å². The second-order valence-corrected chi connectivity index (χ2v) is 2.39. The maximum absolute atomic E-state index is 11.1. The van der Waals surface area contributed by atoms with Crippen LogP contribution in [0.1, 0.15) is 16.2 Å². The number of azide groups is 1. The Morgan fingerprint density at radius 2 is 2.50 bits per heavy atom. The van der Waals surface area contributed by atoms with Gasteiger partial charge in [-0.3, -0.25) is 0 Å². The molecule has 14 heavy (non-hydrogen) atoms. The quantitative estimate of drug-likeness (QED) is 0.316. The zero-order valence-electron chi connectivity index (χ0n) is 7.54. The fraction of sp³-hybridized carbons (Fsp3) is 0.250. The average molecular weight is 192 g/mol. The molecule has 1 rings (SSSR count). The summed E-state index contributed by atoms with van der Waals surface area (Å²) in [6, 6.07) is 4.86. The molecule has 0 fully saturated rings. The van der Waals surface area contributed by atoms with Crippen molar-refractivity contribution in [1.82, 2.24) is 4.98 Å². The lowest BCUT2D eigenvalue weighted by Crippen LogP contribution is -2.05. The summed E-state index contributed by atoms with van der Waals surface area (Å²) in [6.45, 7) is 0.126. The fourth-order valence-corrected chi connectivity index (χ4v) is 0.890. The summed E-state index contributed by atoms with van der Waals surface area (Å²) in [4.78, 5) is 17.6. The molecular weight excluding hydrogens is 184 g/mol. The highest BCUT2D eigenvalue weighted by Crippen LogP contribution is 2.02. The van der Waals surface area contributed by atoms with Crippen molar-refractivity contribution in [3.05, 3.63) is 40.0 Å². The van der Waals surface area contributed by atoms with Crippen molar-refractivity contribution >= 4 is 5.97 Å². The van der Waals surface area contributed by atoms with Gasteiger partial charge in [0.2, 0.25) is 0 Å². The number of nitrogens with zero attached hydrogens (tertiary/aromatic N) is 4. The van der Waals surface area contributed by atoms with E-state index >= 15 is 0 Å². The maximum atomic E-state index is 11.1. The summed E-state index contributed by atoms with van der Waals surface area (Å²) in [6.07, 6.45) is 0. The van der Waals surface area contributed by atoms with Crippen molar-refractivity contribution in [3.8, 4) is 0 Å². The maximum Gasteiger partial charge on any atom is 0.356 e. The molecule has 0 bridgehead atoms. The SMILES string of the molecule is COC(=O)c1cccc(CN=[N+]=[N-])n1. The Hall–Kier alpha value is -2.07. The lowest BCUT2D eigenvalue weighted by molar-refractivity contribution is 0.0593. The van der Waals surface area contributed by atoms with Crippen LogP contribution in [-0.4, -0.2) is 18.1 Å². The molecule has 0 aliphatic carbocycles. The van der Waals surface area contributed by atoms with Gasteiger partial charge in [-0.2, -0.15) is 0 Å². The van der Waals surface area contributed by atoms with Gasteiger partial charge in [-0.1, -0.05) is 11.2 Å². The molecule has 0 saturated carbocycles. The zero-order valence-corrected chi connectivity index (χ0v) is 7.54. The van der Waals surface area contributed by atoms with Crippen LogP contribution in [0.5, 0.6) is 0 Å². The van der Waals surface area contributed by atoms with Crippen LogP contribution in [0.2, 0.25) is 0 Å². The van der Waals surface area contributed by atoms with Gasteiger partial charge in [0, 0.05) is 10.6 Å². The first kappa shape index (κ1) is 10.0. The van der Waals surface area contributed by atoms with Crippen molar-refractivity contribution in [3.63, 3.8) is 0 Å². The van der Waals surface area contributed by atoms with Crippen LogP contribution in [0.15, 0.2) is 23.3 Å². The third-order valence-electron chi connectivity index (χ3n) is 1.50. The molecule has 0 spiro atoms. The number of carbonyl (C=O) groups excluding carboxylic acids is 1. The lowest BCUT2D eigenvalue weighted by atomic mass is 10.3. The van der Waals surface area contributed by atoms with Gasteiger partial charge in [-0.25, -0.2) is 9.78 Å². The van der Waals surface area contributed by atoms with E-state index in [0.717, 1.165) is 0 Å². The molecule has 0 aliphatic rings. The first-order chi connectivity index (χ1) is 6.77. The normalized spacial score (nSPS) is 8.93. The average Bonchev–Trinajstić information content (AvgIpc) is 2.25. The molecule has 6 nitrogen and oxygen atoms in total. The largest absolute Gasteiger partial charge is 0.464 e. The van der Waals surface area contributed by atoms with Gasteiger partial charge >= 0.3 is 5.97 Å². The number of aromatic nitrogens is 1. The molecule has 0 N–H and O–H groups in total. The highest BCUT2D eigenvalue weighted by atomic mass is 16.5. The molecule has 0 aliphatic heterocycles. The summed E-state index contributed by atoms with van der Waals surface area (Å²) in [5, 5.41) is 3.33. The van der Waals surface area contributed by atoms with Crippen LogP contribution in [-0.2, 0) is 11.3 Å². The molecule has 1 aromatic heterocycles. The number of hydrogen-bond donors (Lipinski definition) is 0. The number of methoxy groups -OCH3 is 1. The topological polar surface area (TPSA) is 88.0 Å². The Balaban J connectivity index is 2.88. The minimum absolute atomic E-state index is 0.126. The van der Waals surface area contributed by atoms with Gasteiger partial charge in [-0.15, -0.1) is 0 Å². The fourth-order valence-electron chi connectivity index (χ4n) is 0.890. The number of esters is 1. The highest BCUT2D eigenvalue weighted by Gasteiger charge is 2.06.